The summed E-state index contributed by atoms with van der Waals surface area (Å²) in [5.41, 5.74) is 1.18. The Bertz CT molecular complexity index is 288. The first-order chi connectivity index (χ1) is 5.75. The molecule has 0 fully saturated rings. The van der Waals surface area contributed by atoms with Crippen LogP contribution in [0.5, 0.6) is 0 Å². The molecule has 0 atom stereocenters. The van der Waals surface area contributed by atoms with Crippen LogP contribution >= 0.6 is 0 Å². The van der Waals surface area contributed by atoms with Crippen molar-refractivity contribution in [1.82, 2.24) is 0 Å². The van der Waals surface area contributed by atoms with E-state index in [-0.39, 0.29) is 13.4 Å². The zero-order valence-corrected chi connectivity index (χ0v) is 6.91. The lowest BCUT2D eigenvalue weighted by molar-refractivity contribution is -0.133. The van der Waals surface area contributed by atoms with Crippen LogP contribution in [0.2, 0.25) is 0 Å². The second-order valence-corrected chi connectivity index (χ2v) is 2.34. The fraction of sp³-hybridized carbons (Fsp3) is 0.182. The molecule has 0 bridgehead atoms. The van der Waals surface area contributed by atoms with Crippen LogP contribution in [0.15, 0.2) is 36.9 Å². The first-order valence-corrected chi connectivity index (χ1v) is 3.58. The van der Waals surface area contributed by atoms with E-state index in [1.54, 1.807) is 0 Å². The Hall–Kier alpha value is -1.57. The van der Waals surface area contributed by atoms with Gasteiger partial charge >= 0.3 is 5.97 Å². The van der Waals surface area contributed by atoms with E-state index in [2.05, 4.69) is 11.3 Å². The fourth-order valence-corrected chi connectivity index (χ4v) is 0.880. The number of hydrogen-bond donors (Lipinski definition) is 0. The van der Waals surface area contributed by atoms with E-state index in [1.165, 1.54) is 7.11 Å². The molecule has 0 aliphatic heterocycles. The Kier molecular flexibility index (Phi) is 4.52. The van der Waals surface area contributed by atoms with Crippen molar-refractivity contribution in [1.29, 1.82) is 0 Å². The molecule has 0 aliphatic rings. The van der Waals surface area contributed by atoms with Gasteiger partial charge in [-0.05, 0) is 5.56 Å². The highest BCUT2D eigenvalue weighted by molar-refractivity contribution is 6.15. The van der Waals surface area contributed by atoms with Crippen molar-refractivity contribution in [2.24, 2.45) is 0 Å². The van der Waals surface area contributed by atoms with Crippen molar-refractivity contribution in [2.75, 3.05) is 7.11 Å². The van der Waals surface area contributed by atoms with E-state index in [9.17, 15) is 4.79 Å². The fourth-order valence-electron chi connectivity index (χ4n) is 0.880. The van der Waals surface area contributed by atoms with Gasteiger partial charge in [0.2, 0.25) is 0 Å². The Morgan fingerprint density at radius 1 is 1.31 bits per heavy atom. The first-order valence-electron chi connectivity index (χ1n) is 3.58. The van der Waals surface area contributed by atoms with E-state index >= 15 is 0 Å². The average Bonchev–Trinajstić information content (AvgIpc) is 2.17. The smallest absolute Gasteiger partial charge is 0.337 e. The summed E-state index contributed by atoms with van der Waals surface area (Å²) in [4.78, 5) is 11.0. The molecule has 0 radical (unpaired) electrons. The van der Waals surface area contributed by atoms with Gasteiger partial charge in [0.15, 0.2) is 0 Å². The maximum Gasteiger partial charge on any atom is 0.337 e. The van der Waals surface area contributed by atoms with Gasteiger partial charge < -0.3 is 4.74 Å². The average molecular weight is 178 g/mol. The highest BCUT2D eigenvalue weighted by atomic mass is 16.5. The summed E-state index contributed by atoms with van der Waals surface area (Å²) < 4.78 is 4.53. The molecule has 0 aliphatic carbocycles. The third kappa shape index (κ3) is 2.75. The van der Waals surface area contributed by atoms with Crippen LogP contribution in [-0.2, 0) is 9.53 Å². The summed E-state index contributed by atoms with van der Waals surface area (Å²) >= 11 is 0. The number of benzene rings is 1. The minimum atomic E-state index is -0.388. The maximum atomic E-state index is 11.0. The standard InChI is InChI=1S/C10H10O2.CH4/c1-8(10(11)12-2)9-6-4-3-5-7-9;/h3-7H,1H2,2H3;1H4. The molecule has 13 heavy (non-hydrogen) atoms. The molecule has 0 saturated heterocycles. The molecular formula is C11H14O2. The van der Waals surface area contributed by atoms with Crippen LogP contribution < -0.4 is 0 Å². The number of carbonyl (C=O) groups is 1. The van der Waals surface area contributed by atoms with E-state index in [0.717, 1.165) is 5.56 Å². The summed E-state index contributed by atoms with van der Waals surface area (Å²) in [6.07, 6.45) is 0. The topological polar surface area (TPSA) is 26.3 Å². The number of ether oxygens (including phenoxy) is 1. The minimum Gasteiger partial charge on any atom is -0.465 e. The molecule has 0 N–H and O–H groups in total. The number of rotatable bonds is 2. The predicted molar refractivity (Wildman–Crippen MR) is 54.2 cm³/mol. The van der Waals surface area contributed by atoms with Gasteiger partial charge in [-0.3, -0.25) is 0 Å². The van der Waals surface area contributed by atoms with Gasteiger partial charge in [-0.15, -0.1) is 0 Å². The van der Waals surface area contributed by atoms with Crippen molar-refractivity contribution in [3.05, 3.63) is 42.5 Å². The SMILES string of the molecule is C.C=C(C(=O)OC)c1ccccc1. The van der Waals surface area contributed by atoms with Crippen LogP contribution in [0, 0.1) is 0 Å². The molecule has 1 aromatic rings. The van der Waals surface area contributed by atoms with Crippen LogP contribution in [0.1, 0.15) is 13.0 Å². The monoisotopic (exact) mass is 178 g/mol. The largest absolute Gasteiger partial charge is 0.465 e. The Morgan fingerprint density at radius 3 is 2.31 bits per heavy atom. The van der Waals surface area contributed by atoms with E-state index in [1.807, 2.05) is 30.3 Å². The zero-order valence-electron chi connectivity index (χ0n) is 6.91. The Balaban J connectivity index is 0.00000144. The molecule has 0 spiro atoms. The van der Waals surface area contributed by atoms with Gasteiger partial charge in [-0.1, -0.05) is 44.3 Å². The first kappa shape index (κ1) is 11.4. The van der Waals surface area contributed by atoms with Crippen LogP contribution in [-0.4, -0.2) is 13.1 Å². The molecular weight excluding hydrogens is 164 g/mol. The van der Waals surface area contributed by atoms with Gasteiger partial charge in [0.1, 0.15) is 0 Å². The van der Waals surface area contributed by atoms with Gasteiger partial charge in [0, 0.05) is 0 Å². The molecule has 1 rings (SSSR count). The van der Waals surface area contributed by atoms with Crippen molar-refractivity contribution in [3.8, 4) is 0 Å². The number of hydrogen-bond acceptors (Lipinski definition) is 2. The highest BCUT2D eigenvalue weighted by Crippen LogP contribution is 2.12. The van der Waals surface area contributed by atoms with Crippen molar-refractivity contribution < 1.29 is 9.53 Å². The zero-order chi connectivity index (χ0) is 8.97. The molecule has 0 aromatic heterocycles. The Morgan fingerprint density at radius 2 is 1.85 bits per heavy atom. The lowest BCUT2D eigenvalue weighted by Gasteiger charge is -2.01. The lowest BCUT2D eigenvalue weighted by Crippen LogP contribution is -2.01. The molecule has 0 amide bonds. The van der Waals surface area contributed by atoms with E-state index < -0.39 is 0 Å². The highest BCUT2D eigenvalue weighted by Gasteiger charge is 2.07. The van der Waals surface area contributed by atoms with Gasteiger partial charge in [-0.2, -0.15) is 0 Å². The third-order valence-corrected chi connectivity index (χ3v) is 1.55. The molecule has 2 heteroatoms. The van der Waals surface area contributed by atoms with Gasteiger partial charge in [0.25, 0.3) is 0 Å². The number of methoxy groups -OCH3 is 1. The molecule has 1 aromatic carbocycles. The molecule has 0 saturated carbocycles. The van der Waals surface area contributed by atoms with Crippen molar-refractivity contribution in [2.45, 2.75) is 7.43 Å². The Labute approximate surface area is 78.8 Å². The molecule has 0 heterocycles. The number of carbonyl (C=O) groups excluding carboxylic acids is 1. The van der Waals surface area contributed by atoms with Gasteiger partial charge in [-0.25, -0.2) is 4.79 Å². The second kappa shape index (κ2) is 5.14. The number of esters is 1. The van der Waals surface area contributed by atoms with Crippen LogP contribution in [0.25, 0.3) is 5.57 Å². The molecule has 0 unspecified atom stereocenters. The van der Waals surface area contributed by atoms with Crippen LogP contribution in [0.3, 0.4) is 0 Å². The molecule has 2 nitrogen and oxygen atoms in total. The summed E-state index contributed by atoms with van der Waals surface area (Å²) in [7, 11) is 1.34. The summed E-state index contributed by atoms with van der Waals surface area (Å²) in [6.45, 7) is 3.62. The second-order valence-electron chi connectivity index (χ2n) is 2.34. The normalized spacial score (nSPS) is 8.38. The summed E-state index contributed by atoms with van der Waals surface area (Å²) in [5, 5.41) is 0. The van der Waals surface area contributed by atoms with E-state index in [4.69, 9.17) is 0 Å². The third-order valence-electron chi connectivity index (χ3n) is 1.55. The lowest BCUT2D eigenvalue weighted by atomic mass is 10.1. The van der Waals surface area contributed by atoms with E-state index in [0.29, 0.717) is 5.57 Å². The minimum absolute atomic E-state index is 0. The molecule has 70 valence electrons. The van der Waals surface area contributed by atoms with Gasteiger partial charge in [0.05, 0.1) is 12.7 Å². The van der Waals surface area contributed by atoms with Crippen molar-refractivity contribution >= 4 is 11.5 Å². The van der Waals surface area contributed by atoms with Crippen LogP contribution in [0.4, 0.5) is 0 Å². The van der Waals surface area contributed by atoms with Crippen molar-refractivity contribution in [3.63, 3.8) is 0 Å². The summed E-state index contributed by atoms with van der Waals surface area (Å²) in [5.74, 6) is -0.388. The quantitative estimate of drug-likeness (QED) is 0.513. The maximum absolute atomic E-state index is 11.0. The summed E-state index contributed by atoms with van der Waals surface area (Å²) in [6, 6.07) is 9.22. The predicted octanol–water partition coefficient (Wildman–Crippen LogP) is 2.51.